The van der Waals surface area contributed by atoms with Crippen LogP contribution >= 0.6 is 0 Å². The summed E-state index contributed by atoms with van der Waals surface area (Å²) in [6.45, 7) is 21.6. The lowest BCUT2D eigenvalue weighted by molar-refractivity contribution is 0.00573. The van der Waals surface area contributed by atoms with Crippen LogP contribution in [0.25, 0.3) is 0 Å². The molecule has 3 heteroatoms. The van der Waals surface area contributed by atoms with E-state index < -0.39 is 8.56 Å². The van der Waals surface area contributed by atoms with Crippen molar-refractivity contribution in [3.8, 4) is 0 Å². The largest absolute Gasteiger partial charge is 0.389 e. The number of hydrogen-bond acceptors (Lipinski definition) is 2. The van der Waals surface area contributed by atoms with Gasteiger partial charge < -0.3 is 8.85 Å². The molecule has 0 spiro atoms. The SMILES string of the molecule is CC(C)[Si](OC(C)(C)C)(OC(C)(C)C)C(C)C. The molecule has 104 valence electrons. The van der Waals surface area contributed by atoms with Crippen molar-refractivity contribution in [1.82, 2.24) is 0 Å². The molecular weight excluding hydrogens is 228 g/mol. The van der Waals surface area contributed by atoms with Gasteiger partial charge in [0.1, 0.15) is 0 Å². The van der Waals surface area contributed by atoms with Crippen molar-refractivity contribution in [2.75, 3.05) is 0 Å². The van der Waals surface area contributed by atoms with Gasteiger partial charge in [-0.25, -0.2) is 0 Å². The Bertz CT molecular complexity index is 208. The predicted molar refractivity (Wildman–Crippen MR) is 77.6 cm³/mol. The highest BCUT2D eigenvalue weighted by Gasteiger charge is 2.49. The fourth-order valence-corrected chi connectivity index (χ4v) is 6.35. The van der Waals surface area contributed by atoms with Crippen LogP contribution in [0.15, 0.2) is 0 Å². The molecule has 0 bridgehead atoms. The van der Waals surface area contributed by atoms with Gasteiger partial charge in [-0.05, 0) is 52.6 Å². The van der Waals surface area contributed by atoms with E-state index in [1.165, 1.54) is 0 Å². The third-order valence-electron chi connectivity index (χ3n) is 2.54. The van der Waals surface area contributed by atoms with Crippen molar-refractivity contribution in [3.63, 3.8) is 0 Å². The van der Waals surface area contributed by atoms with Gasteiger partial charge in [-0.3, -0.25) is 0 Å². The first-order valence-corrected chi connectivity index (χ1v) is 8.67. The lowest BCUT2D eigenvalue weighted by Gasteiger charge is -2.45. The maximum Gasteiger partial charge on any atom is 0.344 e. The van der Waals surface area contributed by atoms with Crippen molar-refractivity contribution in [2.24, 2.45) is 0 Å². The molecule has 0 heterocycles. The molecule has 0 atom stereocenters. The van der Waals surface area contributed by atoms with Crippen molar-refractivity contribution in [1.29, 1.82) is 0 Å². The molecule has 0 aliphatic heterocycles. The minimum Gasteiger partial charge on any atom is -0.389 e. The van der Waals surface area contributed by atoms with Gasteiger partial charge in [0.2, 0.25) is 0 Å². The van der Waals surface area contributed by atoms with Gasteiger partial charge in [0.25, 0.3) is 0 Å². The Labute approximate surface area is 109 Å². The van der Waals surface area contributed by atoms with Crippen molar-refractivity contribution in [2.45, 2.75) is 91.5 Å². The van der Waals surface area contributed by atoms with Crippen LogP contribution in [0.3, 0.4) is 0 Å². The van der Waals surface area contributed by atoms with Gasteiger partial charge in [-0.2, -0.15) is 0 Å². The minimum atomic E-state index is -2.22. The molecule has 0 radical (unpaired) electrons. The smallest absolute Gasteiger partial charge is 0.344 e. The molecule has 0 aromatic carbocycles. The lowest BCUT2D eigenvalue weighted by atomic mass is 10.2. The van der Waals surface area contributed by atoms with Gasteiger partial charge in [-0.1, -0.05) is 27.7 Å². The molecule has 0 fully saturated rings. The topological polar surface area (TPSA) is 18.5 Å². The van der Waals surface area contributed by atoms with Crippen molar-refractivity contribution in [3.05, 3.63) is 0 Å². The van der Waals surface area contributed by atoms with Gasteiger partial charge in [0.05, 0.1) is 11.2 Å². The molecule has 2 nitrogen and oxygen atoms in total. The summed E-state index contributed by atoms with van der Waals surface area (Å²) in [5.41, 5.74) is 0.597. The second-order valence-electron chi connectivity index (χ2n) is 7.46. The second-order valence-corrected chi connectivity index (χ2v) is 11.6. The Hall–Kier alpha value is 0.137. The van der Waals surface area contributed by atoms with Crippen LogP contribution < -0.4 is 0 Å². The summed E-state index contributed by atoms with van der Waals surface area (Å²) in [5, 5.41) is 0. The molecule has 0 aliphatic carbocycles. The zero-order valence-electron chi connectivity index (χ0n) is 13.5. The zero-order valence-corrected chi connectivity index (χ0v) is 14.5. The third-order valence-corrected chi connectivity index (χ3v) is 7.62. The first-order chi connectivity index (χ1) is 7.30. The number of rotatable bonds is 4. The Morgan fingerprint density at radius 2 is 0.882 bits per heavy atom. The summed E-state index contributed by atoms with van der Waals surface area (Å²) in [6, 6.07) is 0. The van der Waals surface area contributed by atoms with E-state index in [4.69, 9.17) is 8.85 Å². The van der Waals surface area contributed by atoms with Crippen LogP contribution in [0.4, 0.5) is 0 Å². The minimum absolute atomic E-state index is 0.147. The van der Waals surface area contributed by atoms with Gasteiger partial charge in [-0.15, -0.1) is 0 Å². The van der Waals surface area contributed by atoms with E-state index in [0.29, 0.717) is 11.1 Å². The van der Waals surface area contributed by atoms with Crippen LogP contribution in [0, 0.1) is 0 Å². The van der Waals surface area contributed by atoms with Crippen molar-refractivity contribution < 1.29 is 8.85 Å². The highest BCUT2D eigenvalue weighted by Crippen LogP contribution is 2.40. The molecule has 0 aromatic heterocycles. The van der Waals surface area contributed by atoms with Crippen LogP contribution in [-0.4, -0.2) is 19.8 Å². The Balaban J connectivity index is 5.30. The zero-order chi connectivity index (χ0) is 14.1. The molecule has 0 aliphatic rings. The van der Waals surface area contributed by atoms with E-state index in [9.17, 15) is 0 Å². The molecule has 17 heavy (non-hydrogen) atoms. The molecule has 0 amide bonds. The normalized spacial score (nSPS) is 14.8. The molecule has 0 saturated carbocycles. The van der Waals surface area contributed by atoms with E-state index >= 15 is 0 Å². The fourth-order valence-electron chi connectivity index (χ4n) is 2.12. The van der Waals surface area contributed by atoms with Crippen molar-refractivity contribution >= 4 is 8.56 Å². The average molecular weight is 260 g/mol. The van der Waals surface area contributed by atoms with E-state index in [-0.39, 0.29) is 11.2 Å². The Morgan fingerprint density at radius 1 is 0.647 bits per heavy atom. The summed E-state index contributed by atoms with van der Waals surface area (Å²) < 4.78 is 12.9. The first kappa shape index (κ1) is 17.1. The Kier molecular flexibility index (Phi) is 5.46. The monoisotopic (exact) mass is 260 g/mol. The maximum atomic E-state index is 6.44. The van der Waals surface area contributed by atoms with Crippen LogP contribution in [0.1, 0.15) is 69.2 Å². The van der Waals surface area contributed by atoms with Crippen LogP contribution in [-0.2, 0) is 8.85 Å². The molecule has 0 rings (SSSR count). The summed E-state index contributed by atoms with van der Waals surface area (Å²) in [6.07, 6.45) is 0. The van der Waals surface area contributed by atoms with Crippen LogP contribution in [0.2, 0.25) is 11.1 Å². The van der Waals surface area contributed by atoms with E-state index in [1.54, 1.807) is 0 Å². The van der Waals surface area contributed by atoms with E-state index in [1.807, 2.05) is 0 Å². The third kappa shape index (κ3) is 5.54. The molecule has 0 saturated heterocycles. The second kappa shape index (κ2) is 5.41. The summed E-state index contributed by atoms with van der Waals surface area (Å²) >= 11 is 0. The lowest BCUT2D eigenvalue weighted by Crippen LogP contribution is -2.55. The van der Waals surface area contributed by atoms with Gasteiger partial charge >= 0.3 is 8.56 Å². The standard InChI is InChI=1S/C14H32O2Si/c1-11(2)17(12(3)4,15-13(5,6)7)16-14(8,9)10/h11-12H,1-10H3. The first-order valence-electron chi connectivity index (χ1n) is 6.70. The van der Waals surface area contributed by atoms with E-state index in [0.717, 1.165) is 0 Å². The highest BCUT2D eigenvalue weighted by atomic mass is 28.4. The summed E-state index contributed by atoms with van der Waals surface area (Å²) in [4.78, 5) is 0. The molecule has 0 unspecified atom stereocenters. The summed E-state index contributed by atoms with van der Waals surface area (Å²) in [7, 11) is -2.22. The van der Waals surface area contributed by atoms with Gasteiger partial charge in [0, 0.05) is 0 Å². The number of hydrogen-bond donors (Lipinski definition) is 0. The molecular formula is C14H32O2Si. The maximum absolute atomic E-state index is 6.44. The average Bonchev–Trinajstić information content (AvgIpc) is 1.96. The highest BCUT2D eigenvalue weighted by molar-refractivity contribution is 6.70. The molecule has 0 aromatic rings. The fraction of sp³-hybridized carbons (Fsp3) is 1.00. The van der Waals surface area contributed by atoms with Gasteiger partial charge in [0.15, 0.2) is 0 Å². The Morgan fingerprint density at radius 3 is 1.00 bits per heavy atom. The summed E-state index contributed by atoms with van der Waals surface area (Å²) in [5.74, 6) is 0. The predicted octanol–water partition coefficient (Wildman–Crippen LogP) is 4.88. The van der Waals surface area contributed by atoms with Crippen LogP contribution in [0.5, 0.6) is 0 Å². The van der Waals surface area contributed by atoms with E-state index in [2.05, 4.69) is 69.2 Å². The molecule has 0 N–H and O–H groups in total. The quantitative estimate of drug-likeness (QED) is 0.671.